The van der Waals surface area contributed by atoms with Gasteiger partial charge in [0.05, 0.1) is 15.7 Å². The van der Waals surface area contributed by atoms with Crippen molar-refractivity contribution in [1.82, 2.24) is 0 Å². The van der Waals surface area contributed by atoms with Gasteiger partial charge in [0.25, 0.3) is 4.21 Å². The highest BCUT2D eigenvalue weighted by atomic mass is 35.5. The lowest BCUT2D eigenvalue weighted by Crippen LogP contribution is -2.10. The van der Waals surface area contributed by atoms with E-state index in [1.807, 2.05) is 6.07 Å². The average Bonchev–Trinajstić information content (AvgIpc) is 3.17. The molecule has 3 rings (SSSR count). The number of carboxylic acid groups (broad SMARTS) is 1. The fourth-order valence-corrected chi connectivity index (χ4v) is 6.46. The van der Waals surface area contributed by atoms with Crippen molar-refractivity contribution >= 4 is 67.4 Å². The highest BCUT2D eigenvalue weighted by Gasteiger charge is 2.21. The first-order chi connectivity index (χ1) is 13.8. The molecular weight excluding hydrogens is 478 g/mol. The van der Waals surface area contributed by atoms with Crippen LogP contribution in [0.1, 0.15) is 10.4 Å². The second kappa shape index (κ2) is 9.86. The van der Waals surface area contributed by atoms with Crippen molar-refractivity contribution in [3.05, 3.63) is 63.9 Å². The third-order valence-electron chi connectivity index (χ3n) is 3.64. The maximum atomic E-state index is 13.1. The summed E-state index contributed by atoms with van der Waals surface area (Å²) in [6.45, 7) is -0.560. The zero-order valence-corrected chi connectivity index (χ0v) is 18.4. The Morgan fingerprint density at radius 1 is 1.14 bits per heavy atom. The van der Waals surface area contributed by atoms with E-state index in [1.165, 1.54) is 46.4 Å². The SMILES string of the molecule is O=C(O)COc1ccc(C(=O)CSc2cc(-c3ccc(F)cc3)s[s+]2)c(Cl)c1Cl. The number of thioether (sulfide) groups is 1. The van der Waals surface area contributed by atoms with Crippen LogP contribution >= 0.6 is 55.6 Å². The largest absolute Gasteiger partial charge is 0.480 e. The van der Waals surface area contributed by atoms with Gasteiger partial charge in [0.1, 0.15) is 16.6 Å². The van der Waals surface area contributed by atoms with E-state index in [0.29, 0.717) is 0 Å². The molecule has 0 amide bonds. The highest BCUT2D eigenvalue weighted by Crippen LogP contribution is 2.38. The summed E-state index contributed by atoms with van der Waals surface area (Å²) in [5.41, 5.74) is 1.16. The fourth-order valence-electron chi connectivity index (χ4n) is 2.26. The van der Waals surface area contributed by atoms with Crippen molar-refractivity contribution in [1.29, 1.82) is 0 Å². The lowest BCUT2D eigenvalue weighted by molar-refractivity contribution is -0.139. The van der Waals surface area contributed by atoms with Gasteiger partial charge in [-0.05, 0) is 29.8 Å². The number of halogens is 3. The fraction of sp³-hybridized carbons (Fsp3) is 0.105. The second-order valence-corrected chi connectivity index (χ2v) is 9.88. The minimum absolute atomic E-state index is 0.000656. The molecule has 3 aromatic rings. The van der Waals surface area contributed by atoms with Crippen LogP contribution < -0.4 is 4.74 Å². The van der Waals surface area contributed by atoms with Gasteiger partial charge in [0.2, 0.25) is 0 Å². The first-order valence-electron chi connectivity index (χ1n) is 8.03. The van der Waals surface area contributed by atoms with Crippen LogP contribution in [0, 0.1) is 5.82 Å². The molecule has 0 aliphatic heterocycles. The number of aliphatic carboxylic acids is 1. The first-order valence-corrected chi connectivity index (χ1v) is 11.9. The van der Waals surface area contributed by atoms with Crippen molar-refractivity contribution in [3.8, 4) is 16.2 Å². The van der Waals surface area contributed by atoms with Crippen LogP contribution in [-0.2, 0) is 4.79 Å². The first kappa shape index (κ1) is 22.0. The van der Waals surface area contributed by atoms with Crippen LogP contribution in [0.5, 0.6) is 5.75 Å². The van der Waals surface area contributed by atoms with E-state index in [2.05, 4.69) is 0 Å². The molecule has 0 unspecified atom stereocenters. The van der Waals surface area contributed by atoms with E-state index in [4.69, 9.17) is 33.0 Å². The lowest BCUT2D eigenvalue weighted by Gasteiger charge is -2.09. The van der Waals surface area contributed by atoms with Crippen molar-refractivity contribution in [3.63, 3.8) is 0 Å². The Hall–Kier alpha value is -1.71. The van der Waals surface area contributed by atoms with Crippen LogP contribution in [0.4, 0.5) is 4.39 Å². The van der Waals surface area contributed by atoms with Crippen molar-refractivity contribution in [2.24, 2.45) is 0 Å². The molecule has 0 bridgehead atoms. The van der Waals surface area contributed by atoms with Crippen LogP contribution in [0.2, 0.25) is 10.0 Å². The summed E-state index contributed by atoms with van der Waals surface area (Å²) in [5, 5.41) is 8.70. The van der Waals surface area contributed by atoms with Crippen molar-refractivity contribution in [2.75, 3.05) is 12.4 Å². The summed E-state index contributed by atoms with van der Waals surface area (Å²) in [6, 6.07) is 11.1. The summed E-state index contributed by atoms with van der Waals surface area (Å²) in [5.74, 6) is -1.39. The monoisotopic (exact) mass is 489 g/mol. The van der Waals surface area contributed by atoms with Gasteiger partial charge < -0.3 is 9.84 Å². The normalized spacial score (nSPS) is 10.7. The molecule has 0 fully saturated rings. The number of carboxylic acids is 1. The number of benzene rings is 2. The van der Waals surface area contributed by atoms with Crippen molar-refractivity contribution < 1.29 is 23.8 Å². The Morgan fingerprint density at radius 2 is 1.86 bits per heavy atom. The number of carbonyl (C=O) groups excluding carboxylic acids is 1. The Kier molecular flexibility index (Phi) is 7.48. The maximum absolute atomic E-state index is 13.1. The third kappa shape index (κ3) is 5.67. The summed E-state index contributed by atoms with van der Waals surface area (Å²) in [4.78, 5) is 24.1. The minimum atomic E-state index is -1.15. The maximum Gasteiger partial charge on any atom is 0.341 e. The van der Waals surface area contributed by atoms with E-state index < -0.39 is 12.6 Å². The molecule has 0 spiro atoms. The Morgan fingerprint density at radius 3 is 2.55 bits per heavy atom. The molecule has 150 valence electrons. The number of carbonyl (C=O) groups is 2. The topological polar surface area (TPSA) is 63.6 Å². The molecule has 1 aromatic heterocycles. The molecular formula is C19H12Cl2FO4S3+. The highest BCUT2D eigenvalue weighted by molar-refractivity contribution is 8.03. The number of ketones is 1. The molecule has 1 N–H and O–H groups in total. The number of hydrogen-bond acceptors (Lipinski definition) is 5. The Labute approximate surface area is 187 Å². The molecule has 29 heavy (non-hydrogen) atoms. The Bertz CT molecular complexity index is 1050. The van der Waals surface area contributed by atoms with E-state index in [-0.39, 0.29) is 38.7 Å². The van der Waals surface area contributed by atoms with E-state index in [9.17, 15) is 14.0 Å². The molecule has 2 aromatic carbocycles. The van der Waals surface area contributed by atoms with Gasteiger partial charge in [-0.3, -0.25) is 4.79 Å². The van der Waals surface area contributed by atoms with Crippen molar-refractivity contribution in [2.45, 2.75) is 4.21 Å². The van der Waals surface area contributed by atoms with Crippen LogP contribution in [0.25, 0.3) is 10.4 Å². The van der Waals surface area contributed by atoms with Gasteiger partial charge in [0, 0.05) is 11.6 Å². The number of ether oxygens (including phenoxy) is 1. The standard InChI is InChI=1S/C19H11Cl2FO4S3/c20-18-12(5-6-14(19(18)21)26-8-16(24)25)13(23)9-27-17-7-15(28-29-17)10-1-3-11(22)4-2-10/h1-7H,8-9H2/p+1. The van der Waals surface area contributed by atoms with Gasteiger partial charge in [-0.15, -0.1) is 0 Å². The van der Waals surface area contributed by atoms with E-state index in [1.54, 1.807) is 22.5 Å². The summed E-state index contributed by atoms with van der Waals surface area (Å²) in [7, 11) is 3.08. The summed E-state index contributed by atoms with van der Waals surface area (Å²) >= 11 is 13.6. The number of rotatable bonds is 8. The van der Waals surface area contributed by atoms with E-state index in [0.717, 1.165) is 14.6 Å². The zero-order valence-electron chi connectivity index (χ0n) is 14.5. The van der Waals surface area contributed by atoms with Crippen LogP contribution in [-0.4, -0.2) is 29.2 Å². The van der Waals surface area contributed by atoms with E-state index >= 15 is 0 Å². The Balaban J connectivity index is 1.66. The smallest absolute Gasteiger partial charge is 0.341 e. The minimum Gasteiger partial charge on any atom is -0.480 e. The van der Waals surface area contributed by atoms with Gasteiger partial charge in [0.15, 0.2) is 22.7 Å². The van der Waals surface area contributed by atoms with Gasteiger partial charge in [-0.2, -0.15) is 0 Å². The molecule has 1 heterocycles. The van der Waals surface area contributed by atoms with Gasteiger partial charge >= 0.3 is 16.3 Å². The predicted octanol–water partition coefficient (Wildman–Crippen LogP) is 6.64. The molecule has 0 atom stereocenters. The molecule has 4 nitrogen and oxygen atoms in total. The molecule has 0 saturated heterocycles. The predicted molar refractivity (Wildman–Crippen MR) is 117 cm³/mol. The average molecular weight is 490 g/mol. The quantitative estimate of drug-likeness (QED) is 0.166. The third-order valence-corrected chi connectivity index (χ3v) is 8.45. The molecule has 10 heteroatoms. The summed E-state index contributed by atoms with van der Waals surface area (Å²) in [6.07, 6.45) is 0. The summed E-state index contributed by atoms with van der Waals surface area (Å²) < 4.78 is 19.0. The second-order valence-electron chi connectivity index (χ2n) is 5.63. The number of hydrogen-bond donors (Lipinski definition) is 1. The van der Waals surface area contributed by atoms with Gasteiger partial charge in [-0.25, -0.2) is 9.18 Å². The van der Waals surface area contributed by atoms with Crippen LogP contribution in [0.3, 0.4) is 0 Å². The molecule has 0 radical (unpaired) electrons. The zero-order chi connectivity index (χ0) is 21.0. The lowest BCUT2D eigenvalue weighted by atomic mass is 10.1. The molecule has 0 aliphatic carbocycles. The molecule has 0 aliphatic rings. The van der Waals surface area contributed by atoms with Gasteiger partial charge in [-0.1, -0.05) is 47.1 Å². The molecule has 0 saturated carbocycles. The van der Waals surface area contributed by atoms with Crippen LogP contribution in [0.15, 0.2) is 46.7 Å². The number of Topliss-reactive ketones (excluding diaryl/α,β-unsaturated/α-hetero) is 1.